The van der Waals surface area contributed by atoms with Crippen LogP contribution in [-0.4, -0.2) is 47.3 Å². The third kappa shape index (κ3) is 3.64. The third-order valence-electron chi connectivity index (χ3n) is 4.59. The lowest BCUT2D eigenvalue weighted by Gasteiger charge is -2.28. The van der Waals surface area contributed by atoms with Crippen molar-refractivity contribution in [1.82, 2.24) is 15.0 Å². The van der Waals surface area contributed by atoms with E-state index in [1.807, 2.05) is 19.9 Å². The van der Waals surface area contributed by atoms with Gasteiger partial charge in [-0.25, -0.2) is 9.97 Å². The van der Waals surface area contributed by atoms with E-state index in [1.54, 1.807) is 0 Å². The van der Waals surface area contributed by atoms with E-state index < -0.39 is 0 Å². The van der Waals surface area contributed by atoms with E-state index in [0.717, 1.165) is 37.6 Å². The summed E-state index contributed by atoms with van der Waals surface area (Å²) in [5, 5.41) is 3.75. The smallest absolute Gasteiger partial charge is 0.262 e. The van der Waals surface area contributed by atoms with Gasteiger partial charge in [0.2, 0.25) is 0 Å². The van der Waals surface area contributed by atoms with Gasteiger partial charge in [-0.2, -0.15) is 0 Å². The van der Waals surface area contributed by atoms with Gasteiger partial charge in [-0.05, 0) is 32.0 Å². The molecule has 0 saturated carbocycles. The Morgan fingerprint density at radius 2 is 1.93 bits per heavy atom. The van der Waals surface area contributed by atoms with Crippen LogP contribution in [0.25, 0.3) is 22.2 Å². The fourth-order valence-corrected chi connectivity index (χ4v) is 3.28. The summed E-state index contributed by atoms with van der Waals surface area (Å²) in [4.78, 5) is 26.2. The quantitative estimate of drug-likeness (QED) is 0.740. The number of aromatic amines is 1. The molecule has 1 saturated heterocycles. The normalized spacial score (nSPS) is 14.7. The summed E-state index contributed by atoms with van der Waals surface area (Å²) in [7, 11) is 0. The van der Waals surface area contributed by atoms with E-state index >= 15 is 0 Å². The van der Waals surface area contributed by atoms with Crippen LogP contribution in [0.1, 0.15) is 13.8 Å². The summed E-state index contributed by atoms with van der Waals surface area (Å²) < 4.78 is 5.42. The van der Waals surface area contributed by atoms with Gasteiger partial charge in [0.15, 0.2) is 0 Å². The Balaban J connectivity index is 1.73. The first-order valence-corrected chi connectivity index (χ1v) is 9.20. The molecule has 0 radical (unpaired) electrons. The number of benzene rings is 1. The number of nitrogens with one attached hydrogen (secondary N) is 2. The first-order chi connectivity index (χ1) is 13.1. The molecular formula is C20H23N5O2. The van der Waals surface area contributed by atoms with Crippen LogP contribution in [0.15, 0.2) is 41.5 Å². The molecule has 140 valence electrons. The van der Waals surface area contributed by atoms with Crippen LogP contribution in [-0.2, 0) is 4.74 Å². The van der Waals surface area contributed by atoms with E-state index in [2.05, 4.69) is 44.5 Å². The molecule has 1 fully saturated rings. The van der Waals surface area contributed by atoms with E-state index in [0.29, 0.717) is 16.7 Å². The topological polar surface area (TPSA) is 83.1 Å². The largest absolute Gasteiger partial charge is 0.378 e. The average molecular weight is 365 g/mol. The summed E-state index contributed by atoms with van der Waals surface area (Å²) in [5.41, 5.74) is 3.40. The zero-order valence-corrected chi connectivity index (χ0v) is 15.5. The fourth-order valence-electron chi connectivity index (χ4n) is 3.28. The highest BCUT2D eigenvalue weighted by molar-refractivity contribution is 5.91. The van der Waals surface area contributed by atoms with Crippen LogP contribution in [0.2, 0.25) is 0 Å². The number of anilines is 2. The molecule has 27 heavy (non-hydrogen) atoms. The number of fused-ring (bicyclic) bond motifs is 1. The Kier molecular flexibility index (Phi) is 4.77. The number of morpholine rings is 1. The minimum Gasteiger partial charge on any atom is -0.378 e. The summed E-state index contributed by atoms with van der Waals surface area (Å²) in [6.07, 6.45) is 1.43. The number of pyridine rings is 1. The number of hydrogen-bond acceptors (Lipinski definition) is 6. The molecule has 1 aromatic carbocycles. The fraction of sp³-hybridized carbons (Fsp3) is 0.350. The molecule has 0 aliphatic carbocycles. The second-order valence-corrected chi connectivity index (χ2v) is 6.93. The molecule has 7 heteroatoms. The number of nitrogens with zero attached hydrogens (tertiary/aromatic N) is 3. The third-order valence-corrected chi connectivity index (χ3v) is 4.59. The Hall–Kier alpha value is -2.93. The average Bonchev–Trinajstić information content (AvgIpc) is 2.68. The highest BCUT2D eigenvalue weighted by Gasteiger charge is 2.14. The van der Waals surface area contributed by atoms with E-state index in [1.165, 1.54) is 12.0 Å². The monoisotopic (exact) mass is 365 g/mol. The molecule has 3 aromatic rings. The van der Waals surface area contributed by atoms with Crippen LogP contribution in [0.3, 0.4) is 0 Å². The zero-order valence-electron chi connectivity index (χ0n) is 15.5. The van der Waals surface area contributed by atoms with E-state index in [-0.39, 0.29) is 11.6 Å². The highest BCUT2D eigenvalue weighted by atomic mass is 16.5. The first kappa shape index (κ1) is 17.5. The van der Waals surface area contributed by atoms with Crippen LogP contribution in [0.4, 0.5) is 11.5 Å². The lowest BCUT2D eigenvalue weighted by molar-refractivity contribution is 0.122. The summed E-state index contributed by atoms with van der Waals surface area (Å²) in [6.45, 7) is 7.37. The number of hydrogen-bond donors (Lipinski definition) is 2. The van der Waals surface area contributed by atoms with Gasteiger partial charge in [0.05, 0.1) is 30.8 Å². The van der Waals surface area contributed by atoms with Gasteiger partial charge in [0.1, 0.15) is 11.2 Å². The van der Waals surface area contributed by atoms with Gasteiger partial charge >= 0.3 is 0 Å². The molecule has 7 nitrogen and oxygen atoms in total. The van der Waals surface area contributed by atoms with Crippen molar-refractivity contribution in [3.8, 4) is 11.3 Å². The lowest BCUT2D eigenvalue weighted by Crippen LogP contribution is -2.36. The van der Waals surface area contributed by atoms with Gasteiger partial charge in [-0.1, -0.05) is 12.1 Å². The Labute approximate surface area is 157 Å². The molecular weight excluding hydrogens is 342 g/mol. The van der Waals surface area contributed by atoms with Crippen molar-refractivity contribution in [3.05, 3.63) is 47.0 Å². The molecule has 0 atom stereocenters. The van der Waals surface area contributed by atoms with Crippen molar-refractivity contribution in [3.63, 3.8) is 0 Å². The van der Waals surface area contributed by atoms with Crippen molar-refractivity contribution in [2.75, 3.05) is 36.5 Å². The molecule has 2 aromatic heterocycles. The second kappa shape index (κ2) is 7.36. The first-order valence-electron chi connectivity index (χ1n) is 9.20. The van der Waals surface area contributed by atoms with E-state index in [4.69, 9.17) is 9.72 Å². The molecule has 1 aliphatic heterocycles. The van der Waals surface area contributed by atoms with Crippen LogP contribution < -0.4 is 15.8 Å². The Morgan fingerprint density at radius 1 is 1.19 bits per heavy atom. The lowest BCUT2D eigenvalue weighted by atomic mass is 10.1. The summed E-state index contributed by atoms with van der Waals surface area (Å²) in [5.74, 6) is 0.559. The molecule has 3 heterocycles. The predicted molar refractivity (Wildman–Crippen MR) is 107 cm³/mol. The van der Waals surface area contributed by atoms with Crippen LogP contribution in [0, 0.1) is 0 Å². The van der Waals surface area contributed by atoms with Crippen molar-refractivity contribution in [1.29, 1.82) is 0 Å². The molecule has 2 N–H and O–H groups in total. The maximum Gasteiger partial charge on any atom is 0.262 e. The van der Waals surface area contributed by atoms with Gasteiger partial charge in [-0.15, -0.1) is 0 Å². The standard InChI is InChI=1S/C20H23N5O2/c1-13(2)23-19-18-17(21-12-22-20(18)26)11-16(24-19)14-3-5-15(6-4-14)25-7-9-27-10-8-25/h3-6,11-13H,7-10H2,1-2H3,(H,23,24)(H,21,22,26). The Bertz CT molecular complexity index is 991. The number of rotatable bonds is 4. The zero-order chi connectivity index (χ0) is 18.8. The van der Waals surface area contributed by atoms with Crippen molar-refractivity contribution in [2.45, 2.75) is 19.9 Å². The molecule has 1 aliphatic rings. The van der Waals surface area contributed by atoms with Crippen LogP contribution in [0.5, 0.6) is 0 Å². The summed E-state index contributed by atoms with van der Waals surface area (Å²) >= 11 is 0. The minimum absolute atomic E-state index is 0.152. The minimum atomic E-state index is -0.190. The number of ether oxygens (including phenoxy) is 1. The Morgan fingerprint density at radius 3 is 2.63 bits per heavy atom. The maximum absolute atomic E-state index is 12.3. The SMILES string of the molecule is CC(C)Nc1nc(-c2ccc(N3CCOCC3)cc2)cc2nc[nH]c(=O)c12. The number of H-pyrrole nitrogens is 1. The molecule has 0 spiro atoms. The molecule has 4 rings (SSSR count). The van der Waals surface area contributed by atoms with E-state index in [9.17, 15) is 4.79 Å². The van der Waals surface area contributed by atoms with Gasteiger partial charge in [0, 0.05) is 30.4 Å². The van der Waals surface area contributed by atoms with Crippen molar-refractivity contribution < 1.29 is 4.74 Å². The maximum atomic E-state index is 12.3. The van der Waals surface area contributed by atoms with Crippen molar-refractivity contribution in [2.24, 2.45) is 0 Å². The molecule has 0 amide bonds. The molecule has 0 bridgehead atoms. The van der Waals surface area contributed by atoms with Crippen molar-refractivity contribution >= 4 is 22.4 Å². The highest BCUT2D eigenvalue weighted by Crippen LogP contribution is 2.27. The van der Waals surface area contributed by atoms with Crippen LogP contribution >= 0.6 is 0 Å². The molecule has 0 unspecified atom stereocenters. The summed E-state index contributed by atoms with van der Waals surface area (Å²) in [6, 6.07) is 10.3. The van der Waals surface area contributed by atoms with Gasteiger partial charge in [0.25, 0.3) is 5.56 Å². The number of aromatic nitrogens is 3. The second-order valence-electron chi connectivity index (χ2n) is 6.93. The predicted octanol–water partition coefficient (Wildman–Crippen LogP) is 2.64. The van der Waals surface area contributed by atoms with Gasteiger partial charge in [-0.3, -0.25) is 4.79 Å². The van der Waals surface area contributed by atoms with Gasteiger partial charge < -0.3 is 19.9 Å².